The number of nitrogens with one attached hydrogen (secondary N) is 1. The molecule has 0 aliphatic carbocycles. The summed E-state index contributed by atoms with van der Waals surface area (Å²) in [5.74, 6) is 0. The Morgan fingerprint density at radius 1 is 1.40 bits per heavy atom. The van der Waals surface area contributed by atoms with Crippen LogP contribution in [0.4, 0.5) is 0 Å². The highest BCUT2D eigenvalue weighted by molar-refractivity contribution is 4.70. The van der Waals surface area contributed by atoms with Crippen LogP contribution in [0, 0.1) is 0 Å². The summed E-state index contributed by atoms with van der Waals surface area (Å²) in [6, 6.07) is 0. The van der Waals surface area contributed by atoms with Gasteiger partial charge < -0.3 is 5.11 Å². The molecule has 0 bridgehead atoms. The van der Waals surface area contributed by atoms with Crippen LogP contribution in [-0.4, -0.2) is 17.9 Å². The molecule has 0 aliphatic heterocycles. The van der Waals surface area contributed by atoms with Gasteiger partial charge in [-0.25, -0.2) is 0 Å². The van der Waals surface area contributed by atoms with Crippen molar-refractivity contribution in [1.82, 2.24) is 5.32 Å². The molecule has 62 valence electrons. The molecule has 0 amide bonds. The van der Waals surface area contributed by atoms with Gasteiger partial charge in [-0.15, -0.1) is 0 Å². The third kappa shape index (κ3) is 3.18. The quantitative estimate of drug-likeness (QED) is 0.574. The predicted octanol–water partition coefficient (Wildman–Crippen LogP) is 1.49. The third-order valence-corrected chi connectivity index (χ3v) is 1.99. The summed E-state index contributed by atoms with van der Waals surface area (Å²) in [4.78, 5) is 0. The van der Waals surface area contributed by atoms with Crippen molar-refractivity contribution in [2.24, 2.45) is 0 Å². The van der Waals surface area contributed by atoms with Gasteiger partial charge in [-0.3, -0.25) is 5.32 Å². The van der Waals surface area contributed by atoms with Gasteiger partial charge in [-0.2, -0.15) is 0 Å². The fourth-order valence-electron chi connectivity index (χ4n) is 0.948. The zero-order chi connectivity index (χ0) is 8.04. The lowest BCUT2D eigenvalue weighted by atomic mass is 10.0. The summed E-state index contributed by atoms with van der Waals surface area (Å²) in [5, 5.41) is 12.6. The first kappa shape index (κ1) is 9.92. The summed E-state index contributed by atoms with van der Waals surface area (Å²) < 4.78 is 0. The van der Waals surface area contributed by atoms with Gasteiger partial charge in [-0.1, -0.05) is 20.3 Å². The molecule has 2 N–H and O–H groups in total. The lowest BCUT2D eigenvalue weighted by molar-refractivity contribution is -0.00125. The largest absolute Gasteiger partial charge is 0.376 e. The van der Waals surface area contributed by atoms with Crippen LogP contribution in [0.5, 0.6) is 0 Å². The summed E-state index contributed by atoms with van der Waals surface area (Å²) in [7, 11) is 1.80. The minimum absolute atomic E-state index is 0.615. The van der Waals surface area contributed by atoms with Crippen molar-refractivity contribution < 1.29 is 5.11 Å². The van der Waals surface area contributed by atoms with Gasteiger partial charge in [0.15, 0.2) is 0 Å². The minimum atomic E-state index is -0.615. The summed E-state index contributed by atoms with van der Waals surface area (Å²) in [6.07, 6.45) is 3.87. The summed E-state index contributed by atoms with van der Waals surface area (Å²) >= 11 is 0. The van der Waals surface area contributed by atoms with E-state index in [0.717, 1.165) is 25.7 Å². The van der Waals surface area contributed by atoms with E-state index in [2.05, 4.69) is 12.2 Å². The zero-order valence-electron chi connectivity index (χ0n) is 7.28. The molecule has 0 radical (unpaired) electrons. The highest BCUT2D eigenvalue weighted by Crippen LogP contribution is 2.13. The van der Waals surface area contributed by atoms with Gasteiger partial charge in [-0.05, 0) is 26.3 Å². The van der Waals surface area contributed by atoms with Crippen molar-refractivity contribution >= 4 is 0 Å². The van der Waals surface area contributed by atoms with Crippen LogP contribution in [-0.2, 0) is 0 Å². The van der Waals surface area contributed by atoms with Crippen molar-refractivity contribution in [3.05, 3.63) is 0 Å². The van der Waals surface area contributed by atoms with E-state index in [0.29, 0.717) is 0 Å². The number of aliphatic hydroxyl groups is 1. The lowest BCUT2D eigenvalue weighted by Crippen LogP contribution is -2.41. The highest BCUT2D eigenvalue weighted by Gasteiger charge is 2.19. The molecule has 0 spiro atoms. The Morgan fingerprint density at radius 3 is 2.30 bits per heavy atom. The molecule has 2 nitrogen and oxygen atoms in total. The molecule has 1 unspecified atom stereocenters. The molecule has 0 aromatic carbocycles. The molecular formula is C8H19NO. The first-order chi connectivity index (χ1) is 4.68. The molecule has 0 fully saturated rings. The topological polar surface area (TPSA) is 32.3 Å². The fraction of sp³-hybridized carbons (Fsp3) is 1.00. The maximum absolute atomic E-state index is 9.65. The number of hydrogen-bond donors (Lipinski definition) is 2. The van der Waals surface area contributed by atoms with Crippen LogP contribution in [0.15, 0.2) is 0 Å². The maximum atomic E-state index is 9.65. The molecule has 0 aromatic rings. The average Bonchev–Trinajstić information content (AvgIpc) is 2.00. The molecule has 0 heterocycles. The third-order valence-electron chi connectivity index (χ3n) is 1.99. The second-order valence-corrected chi connectivity index (χ2v) is 2.74. The first-order valence-corrected chi connectivity index (χ1v) is 4.09. The Hall–Kier alpha value is -0.0800. The van der Waals surface area contributed by atoms with E-state index in [1.807, 2.05) is 6.92 Å². The Balaban J connectivity index is 3.58. The van der Waals surface area contributed by atoms with E-state index in [-0.39, 0.29) is 0 Å². The van der Waals surface area contributed by atoms with E-state index in [4.69, 9.17) is 0 Å². The van der Waals surface area contributed by atoms with Crippen LogP contribution in [0.2, 0.25) is 0 Å². The van der Waals surface area contributed by atoms with E-state index in [1.54, 1.807) is 7.05 Å². The predicted molar refractivity (Wildman–Crippen MR) is 43.8 cm³/mol. The van der Waals surface area contributed by atoms with E-state index >= 15 is 0 Å². The number of rotatable bonds is 5. The molecule has 0 rings (SSSR count). The van der Waals surface area contributed by atoms with Crippen LogP contribution in [0.1, 0.15) is 39.5 Å². The molecule has 0 saturated heterocycles. The van der Waals surface area contributed by atoms with Gasteiger partial charge in [0.1, 0.15) is 5.72 Å². The van der Waals surface area contributed by atoms with E-state index < -0.39 is 5.72 Å². The van der Waals surface area contributed by atoms with Crippen molar-refractivity contribution in [2.75, 3.05) is 7.05 Å². The van der Waals surface area contributed by atoms with Crippen molar-refractivity contribution in [1.29, 1.82) is 0 Å². The Kier molecular flexibility index (Phi) is 4.65. The smallest absolute Gasteiger partial charge is 0.115 e. The van der Waals surface area contributed by atoms with Crippen LogP contribution < -0.4 is 5.32 Å². The second-order valence-electron chi connectivity index (χ2n) is 2.74. The van der Waals surface area contributed by atoms with Crippen LogP contribution in [0.25, 0.3) is 0 Å². The monoisotopic (exact) mass is 145 g/mol. The molecule has 0 aliphatic rings. The minimum Gasteiger partial charge on any atom is -0.376 e. The molecule has 1 atom stereocenters. The first-order valence-electron chi connectivity index (χ1n) is 4.09. The number of hydrogen-bond acceptors (Lipinski definition) is 2. The highest BCUT2D eigenvalue weighted by atomic mass is 16.3. The Labute approximate surface area is 63.6 Å². The van der Waals surface area contributed by atoms with Gasteiger partial charge in [0.2, 0.25) is 0 Å². The molecular weight excluding hydrogens is 126 g/mol. The average molecular weight is 145 g/mol. The summed E-state index contributed by atoms with van der Waals surface area (Å²) in [6.45, 7) is 4.12. The van der Waals surface area contributed by atoms with Crippen LogP contribution in [0.3, 0.4) is 0 Å². The van der Waals surface area contributed by atoms with E-state index in [1.165, 1.54) is 0 Å². The van der Waals surface area contributed by atoms with Gasteiger partial charge in [0.25, 0.3) is 0 Å². The summed E-state index contributed by atoms with van der Waals surface area (Å²) in [5.41, 5.74) is -0.615. The van der Waals surface area contributed by atoms with Crippen molar-refractivity contribution in [2.45, 2.75) is 45.3 Å². The Bertz CT molecular complexity index is 79.3. The molecule has 0 aromatic heterocycles. The molecule has 2 heteroatoms. The van der Waals surface area contributed by atoms with Gasteiger partial charge in [0.05, 0.1) is 0 Å². The second kappa shape index (κ2) is 4.69. The van der Waals surface area contributed by atoms with E-state index in [9.17, 15) is 5.11 Å². The molecule has 10 heavy (non-hydrogen) atoms. The van der Waals surface area contributed by atoms with Crippen molar-refractivity contribution in [3.63, 3.8) is 0 Å². The zero-order valence-corrected chi connectivity index (χ0v) is 7.28. The maximum Gasteiger partial charge on any atom is 0.115 e. The number of unbranched alkanes of at least 4 members (excludes halogenated alkanes) is 1. The lowest BCUT2D eigenvalue weighted by Gasteiger charge is -2.25. The van der Waals surface area contributed by atoms with Gasteiger partial charge >= 0.3 is 0 Å². The normalized spacial score (nSPS) is 16.8. The Morgan fingerprint density at radius 2 is 2.00 bits per heavy atom. The standard InChI is InChI=1S/C8H19NO/c1-4-6-7-8(10,5-2)9-3/h9-10H,4-7H2,1-3H3. The van der Waals surface area contributed by atoms with Crippen molar-refractivity contribution in [3.8, 4) is 0 Å². The molecule has 0 saturated carbocycles. The van der Waals surface area contributed by atoms with Gasteiger partial charge in [0, 0.05) is 0 Å². The fourth-order valence-corrected chi connectivity index (χ4v) is 0.948. The SMILES string of the molecule is CCCCC(O)(CC)NC. The van der Waals surface area contributed by atoms with Crippen LogP contribution >= 0.6 is 0 Å².